The van der Waals surface area contributed by atoms with E-state index in [0.717, 1.165) is 31.2 Å². The Kier molecular flexibility index (Phi) is 6.46. The molecule has 4 aromatic rings. The van der Waals surface area contributed by atoms with Crippen LogP contribution in [0.15, 0.2) is 52.4 Å². The van der Waals surface area contributed by atoms with E-state index in [-0.39, 0.29) is 23.0 Å². The van der Waals surface area contributed by atoms with E-state index in [4.69, 9.17) is 16.6 Å². The fourth-order valence-electron chi connectivity index (χ4n) is 4.10. The maximum Gasteiger partial charge on any atom is 0.267 e. The molecule has 0 fully saturated rings. The number of aromatic nitrogens is 2. The highest BCUT2D eigenvalue weighted by Crippen LogP contribution is 2.35. The fourth-order valence-corrected chi connectivity index (χ4v) is 6.34. The SMILES string of the molecule is Cc1ccc(NC(=O)CSc2nc3sc4c(c3c(=O)n2-c2ccc(Cl)cc2)CCCC4)cc1F. The molecule has 174 valence electrons. The van der Waals surface area contributed by atoms with Crippen molar-refractivity contribution in [2.75, 3.05) is 11.1 Å². The standard InChI is InChI=1S/C25H21ClFN3O2S2/c1-14-6-9-16(12-19(14)27)28-21(31)13-33-25-29-23-22(18-4-2-3-5-20(18)34-23)24(32)30(25)17-10-7-15(26)8-11-17/h6-12H,2-5,13H2,1H3,(H,28,31). The molecular formula is C25H21ClFN3O2S2. The van der Waals surface area contributed by atoms with Crippen LogP contribution in [-0.4, -0.2) is 21.2 Å². The number of hydrogen-bond acceptors (Lipinski definition) is 5. The number of benzene rings is 2. The molecule has 0 unspecified atom stereocenters. The summed E-state index contributed by atoms with van der Waals surface area (Å²) >= 11 is 8.81. The topological polar surface area (TPSA) is 64.0 Å². The molecule has 0 spiro atoms. The van der Waals surface area contributed by atoms with Crippen LogP contribution in [-0.2, 0) is 17.6 Å². The van der Waals surface area contributed by atoms with Crippen molar-refractivity contribution in [2.45, 2.75) is 37.8 Å². The zero-order valence-electron chi connectivity index (χ0n) is 18.4. The van der Waals surface area contributed by atoms with Gasteiger partial charge in [-0.1, -0.05) is 29.4 Å². The summed E-state index contributed by atoms with van der Waals surface area (Å²) in [6, 6.07) is 11.6. The van der Waals surface area contributed by atoms with Crippen molar-refractivity contribution < 1.29 is 9.18 Å². The maximum absolute atomic E-state index is 13.8. The highest BCUT2D eigenvalue weighted by atomic mass is 35.5. The van der Waals surface area contributed by atoms with E-state index in [1.165, 1.54) is 22.7 Å². The van der Waals surface area contributed by atoms with Gasteiger partial charge in [0.1, 0.15) is 10.6 Å². The van der Waals surface area contributed by atoms with E-state index in [0.29, 0.717) is 37.3 Å². The minimum absolute atomic E-state index is 0.0200. The van der Waals surface area contributed by atoms with Crippen LogP contribution in [0.1, 0.15) is 28.8 Å². The Morgan fingerprint density at radius 1 is 1.21 bits per heavy atom. The number of rotatable bonds is 5. The molecule has 5 nitrogen and oxygen atoms in total. The average molecular weight is 514 g/mol. The molecule has 2 aromatic heterocycles. The first-order valence-corrected chi connectivity index (χ1v) is 13.1. The van der Waals surface area contributed by atoms with Crippen LogP contribution in [0, 0.1) is 12.7 Å². The molecule has 0 saturated carbocycles. The molecule has 2 aromatic carbocycles. The second-order valence-corrected chi connectivity index (χ2v) is 10.7. The summed E-state index contributed by atoms with van der Waals surface area (Å²) in [6.45, 7) is 1.66. The van der Waals surface area contributed by atoms with E-state index < -0.39 is 0 Å². The highest BCUT2D eigenvalue weighted by Gasteiger charge is 2.23. The van der Waals surface area contributed by atoms with Crippen molar-refractivity contribution in [3.63, 3.8) is 0 Å². The van der Waals surface area contributed by atoms with E-state index >= 15 is 0 Å². The first-order valence-electron chi connectivity index (χ1n) is 10.9. The van der Waals surface area contributed by atoms with Crippen molar-refractivity contribution in [2.24, 2.45) is 0 Å². The quantitative estimate of drug-likeness (QED) is 0.256. The van der Waals surface area contributed by atoms with Crippen LogP contribution in [0.3, 0.4) is 0 Å². The van der Waals surface area contributed by atoms with Crippen molar-refractivity contribution in [3.05, 3.63) is 79.7 Å². The zero-order valence-corrected chi connectivity index (χ0v) is 20.7. The Morgan fingerprint density at radius 3 is 2.74 bits per heavy atom. The van der Waals surface area contributed by atoms with Crippen LogP contribution in [0.5, 0.6) is 0 Å². The second kappa shape index (κ2) is 9.52. The summed E-state index contributed by atoms with van der Waals surface area (Å²) < 4.78 is 15.4. The number of hydrogen-bond donors (Lipinski definition) is 1. The van der Waals surface area contributed by atoms with Gasteiger partial charge in [-0.25, -0.2) is 9.37 Å². The smallest absolute Gasteiger partial charge is 0.267 e. The lowest BCUT2D eigenvalue weighted by molar-refractivity contribution is -0.113. The third-order valence-corrected chi connectivity index (χ3v) is 8.21. The molecule has 34 heavy (non-hydrogen) atoms. The lowest BCUT2D eigenvalue weighted by Crippen LogP contribution is -2.23. The first-order chi connectivity index (χ1) is 16.4. The number of thioether (sulfide) groups is 1. The maximum atomic E-state index is 13.8. The number of nitrogens with zero attached hydrogens (tertiary/aromatic N) is 2. The monoisotopic (exact) mass is 513 g/mol. The molecule has 0 saturated heterocycles. The minimum Gasteiger partial charge on any atom is -0.325 e. The Labute approximate surface area is 209 Å². The molecule has 9 heteroatoms. The van der Waals surface area contributed by atoms with E-state index in [1.54, 1.807) is 59.2 Å². The number of halogens is 2. The van der Waals surface area contributed by atoms with Gasteiger partial charge in [0.15, 0.2) is 5.16 Å². The van der Waals surface area contributed by atoms with Crippen LogP contribution in [0.2, 0.25) is 5.02 Å². The van der Waals surface area contributed by atoms with Gasteiger partial charge in [-0.2, -0.15) is 0 Å². The van der Waals surface area contributed by atoms with Gasteiger partial charge < -0.3 is 5.32 Å². The first kappa shape index (κ1) is 23.1. The molecule has 5 rings (SSSR count). The number of aryl methyl sites for hydroxylation is 3. The molecule has 1 aliphatic rings. The highest BCUT2D eigenvalue weighted by molar-refractivity contribution is 7.99. The molecule has 1 amide bonds. The zero-order chi connectivity index (χ0) is 23.8. The van der Waals surface area contributed by atoms with E-state index in [1.807, 2.05) is 0 Å². The lowest BCUT2D eigenvalue weighted by atomic mass is 9.97. The summed E-state index contributed by atoms with van der Waals surface area (Å²) in [6.07, 6.45) is 4.03. The van der Waals surface area contributed by atoms with Gasteiger partial charge in [-0.3, -0.25) is 14.2 Å². The minimum atomic E-state index is -0.379. The lowest BCUT2D eigenvalue weighted by Gasteiger charge is -2.14. The predicted octanol–water partition coefficient (Wildman–Crippen LogP) is 6.16. The van der Waals surface area contributed by atoms with Crippen LogP contribution in [0.4, 0.5) is 10.1 Å². The number of nitrogens with one attached hydrogen (secondary N) is 1. The molecule has 0 bridgehead atoms. The molecule has 2 heterocycles. The van der Waals surface area contributed by atoms with Gasteiger partial charge in [0.05, 0.1) is 16.8 Å². The Hall–Kier alpha value is -2.68. The number of amides is 1. The molecule has 0 atom stereocenters. The van der Waals surface area contributed by atoms with E-state index in [2.05, 4.69) is 5.32 Å². The predicted molar refractivity (Wildman–Crippen MR) is 137 cm³/mol. The molecule has 1 N–H and O–H groups in total. The number of fused-ring (bicyclic) bond motifs is 3. The molecule has 1 aliphatic carbocycles. The normalized spacial score (nSPS) is 13.1. The van der Waals surface area contributed by atoms with E-state index in [9.17, 15) is 14.0 Å². The van der Waals surface area contributed by atoms with Gasteiger partial charge >= 0.3 is 0 Å². The van der Waals surface area contributed by atoms with Crippen molar-refractivity contribution >= 4 is 56.5 Å². The third kappa shape index (κ3) is 4.50. The van der Waals surface area contributed by atoms with Gasteiger partial charge in [0.2, 0.25) is 5.91 Å². The summed E-state index contributed by atoms with van der Waals surface area (Å²) in [5, 5.41) is 4.39. The Morgan fingerprint density at radius 2 is 1.97 bits per heavy atom. The van der Waals surface area contributed by atoms with Crippen LogP contribution >= 0.6 is 34.7 Å². The number of anilines is 1. The van der Waals surface area contributed by atoms with Crippen molar-refractivity contribution in [3.8, 4) is 5.69 Å². The largest absolute Gasteiger partial charge is 0.325 e. The van der Waals surface area contributed by atoms with Gasteiger partial charge in [0, 0.05) is 15.6 Å². The van der Waals surface area contributed by atoms with Gasteiger partial charge in [-0.15, -0.1) is 11.3 Å². The van der Waals surface area contributed by atoms with Crippen LogP contribution in [0.25, 0.3) is 15.9 Å². The molecular weight excluding hydrogens is 493 g/mol. The Bertz CT molecular complexity index is 1460. The summed E-state index contributed by atoms with van der Waals surface area (Å²) in [5.41, 5.74) is 2.52. The fraction of sp³-hybridized carbons (Fsp3) is 0.240. The number of thiophene rings is 1. The molecule has 0 aliphatic heterocycles. The third-order valence-electron chi connectivity index (χ3n) is 5.83. The Balaban J connectivity index is 1.50. The number of carbonyl (C=O) groups excluding carboxylic acids is 1. The summed E-state index contributed by atoms with van der Waals surface area (Å²) in [5.74, 6) is -0.668. The molecule has 0 radical (unpaired) electrons. The van der Waals surface area contributed by atoms with Crippen molar-refractivity contribution in [1.82, 2.24) is 9.55 Å². The van der Waals surface area contributed by atoms with Gasteiger partial charge in [0.25, 0.3) is 5.56 Å². The van der Waals surface area contributed by atoms with Gasteiger partial charge in [-0.05, 0) is 80.1 Å². The average Bonchev–Trinajstić information content (AvgIpc) is 3.20. The second-order valence-electron chi connectivity index (χ2n) is 8.20. The summed E-state index contributed by atoms with van der Waals surface area (Å²) in [7, 11) is 0. The van der Waals surface area contributed by atoms with Crippen molar-refractivity contribution in [1.29, 1.82) is 0 Å². The number of carbonyl (C=O) groups is 1. The summed E-state index contributed by atoms with van der Waals surface area (Å²) in [4.78, 5) is 33.1. The van der Waals surface area contributed by atoms with Crippen LogP contribution < -0.4 is 10.9 Å².